The smallest absolute Gasteiger partial charge is 0.222 e. The molecule has 0 saturated heterocycles. The van der Waals surface area contributed by atoms with Gasteiger partial charge in [0, 0.05) is 60.8 Å². The minimum absolute atomic E-state index is 0. The summed E-state index contributed by atoms with van der Waals surface area (Å²) in [6, 6.07) is 13.3. The van der Waals surface area contributed by atoms with Gasteiger partial charge in [-0.25, -0.2) is 9.97 Å². The van der Waals surface area contributed by atoms with Crippen molar-refractivity contribution in [3.8, 4) is 22.8 Å². The summed E-state index contributed by atoms with van der Waals surface area (Å²) in [5, 5.41) is 2.83. The van der Waals surface area contributed by atoms with Gasteiger partial charge in [-0.3, -0.25) is 19.7 Å². The second kappa shape index (κ2) is 27.5. The molecule has 0 aromatic carbocycles. The number of rotatable bonds is 7. The lowest BCUT2D eigenvalue weighted by Gasteiger charge is -2.06. The number of nitrogens with one attached hydrogen (secondary N) is 1. The highest BCUT2D eigenvalue weighted by Crippen LogP contribution is 2.23. The molecule has 264 valence electrons. The zero-order valence-electron chi connectivity index (χ0n) is 30.5. The van der Waals surface area contributed by atoms with E-state index >= 15 is 0 Å². The Morgan fingerprint density at radius 2 is 1.21 bits per heavy atom. The first kappa shape index (κ1) is 45.5. The predicted molar refractivity (Wildman–Crippen MR) is 199 cm³/mol. The summed E-state index contributed by atoms with van der Waals surface area (Å²) < 4.78 is 11.1. The van der Waals surface area contributed by atoms with Crippen LogP contribution in [-0.4, -0.2) is 30.8 Å². The lowest BCUT2D eigenvalue weighted by molar-refractivity contribution is -0.124. The minimum Gasteiger partial charge on any atom is -0.440 e. The van der Waals surface area contributed by atoms with E-state index in [0.717, 1.165) is 40.1 Å². The van der Waals surface area contributed by atoms with Gasteiger partial charge in [0.15, 0.2) is 23.3 Å². The van der Waals surface area contributed by atoms with Crippen LogP contribution < -0.4 is 5.32 Å². The van der Waals surface area contributed by atoms with Gasteiger partial charge in [0.2, 0.25) is 5.91 Å². The van der Waals surface area contributed by atoms with Crippen LogP contribution >= 0.6 is 0 Å². The van der Waals surface area contributed by atoms with Gasteiger partial charge in [0.25, 0.3) is 0 Å². The molecule has 5 aromatic rings. The molecule has 48 heavy (non-hydrogen) atoms. The number of hydrogen-bond donors (Lipinski definition) is 1. The second-order valence-electron chi connectivity index (χ2n) is 10.1. The molecule has 0 radical (unpaired) electrons. The van der Waals surface area contributed by atoms with Crippen molar-refractivity contribution in [1.29, 1.82) is 0 Å². The molecule has 0 atom stereocenters. The van der Waals surface area contributed by atoms with Crippen LogP contribution in [0.4, 0.5) is 0 Å². The number of carbonyl (C=O) groups is 1. The molecule has 9 heteroatoms. The van der Waals surface area contributed by atoms with E-state index in [1.165, 1.54) is 0 Å². The van der Waals surface area contributed by atoms with Crippen LogP contribution in [0.5, 0.6) is 0 Å². The Hall–Kier alpha value is -4.66. The molecule has 5 heterocycles. The van der Waals surface area contributed by atoms with Crippen LogP contribution in [0.25, 0.3) is 22.8 Å². The maximum atomic E-state index is 11.2. The number of pyridine rings is 3. The summed E-state index contributed by atoms with van der Waals surface area (Å²) in [6.45, 7) is 24.5. The van der Waals surface area contributed by atoms with Crippen LogP contribution in [0.3, 0.4) is 0 Å². The summed E-state index contributed by atoms with van der Waals surface area (Å²) in [5.41, 5.74) is 2.86. The van der Waals surface area contributed by atoms with Crippen molar-refractivity contribution in [3.63, 3.8) is 0 Å². The SMILES string of the molecule is C.CC.CC.CC.CC(C)C(=O)NCc1ccncc1.CC(C)c1ncc(-c2ccccn2)o1.CC(C)c1ncc(-c2cccnc2)o1. The van der Waals surface area contributed by atoms with Crippen molar-refractivity contribution < 1.29 is 13.6 Å². The fraction of sp³-hybridized carbons (Fsp3) is 0.436. The minimum atomic E-state index is 0. The molecule has 1 amide bonds. The van der Waals surface area contributed by atoms with E-state index in [1.54, 1.807) is 43.4 Å². The van der Waals surface area contributed by atoms with Crippen LogP contribution in [0.15, 0.2) is 94.7 Å². The van der Waals surface area contributed by atoms with E-state index in [1.807, 2.05) is 112 Å². The van der Waals surface area contributed by atoms with Crippen LogP contribution in [0.1, 0.15) is 120 Å². The average Bonchev–Trinajstić information content (AvgIpc) is 3.84. The molecule has 5 aromatic heterocycles. The van der Waals surface area contributed by atoms with E-state index < -0.39 is 0 Å². The van der Waals surface area contributed by atoms with Crippen LogP contribution in [0.2, 0.25) is 0 Å². The Morgan fingerprint density at radius 3 is 1.67 bits per heavy atom. The molecular weight excluding hydrogens is 600 g/mol. The maximum absolute atomic E-state index is 11.2. The first-order chi connectivity index (χ1) is 22.7. The predicted octanol–water partition coefficient (Wildman–Crippen LogP) is 10.8. The number of carbonyl (C=O) groups excluding carboxylic acids is 1. The Bertz CT molecular complexity index is 1350. The zero-order chi connectivity index (χ0) is 35.6. The Balaban J connectivity index is 0. The Labute approximate surface area is 290 Å². The van der Waals surface area contributed by atoms with E-state index in [0.29, 0.717) is 18.4 Å². The zero-order valence-corrected chi connectivity index (χ0v) is 30.5. The van der Waals surface area contributed by atoms with Crippen molar-refractivity contribution in [2.45, 2.75) is 109 Å². The fourth-order valence-corrected chi connectivity index (χ4v) is 3.27. The average molecular weight is 661 g/mol. The number of oxazole rings is 2. The number of nitrogens with zero attached hydrogens (tertiary/aromatic N) is 5. The highest BCUT2D eigenvalue weighted by molar-refractivity contribution is 5.77. The Morgan fingerprint density at radius 1 is 0.646 bits per heavy atom. The van der Waals surface area contributed by atoms with E-state index in [9.17, 15) is 4.79 Å². The van der Waals surface area contributed by atoms with Crippen LogP contribution in [-0.2, 0) is 11.3 Å². The van der Waals surface area contributed by atoms with Crippen molar-refractivity contribution >= 4 is 5.91 Å². The fourth-order valence-electron chi connectivity index (χ4n) is 3.27. The van der Waals surface area contributed by atoms with Gasteiger partial charge in [0.1, 0.15) is 5.69 Å². The molecule has 0 bridgehead atoms. The van der Waals surface area contributed by atoms with Crippen molar-refractivity contribution in [1.82, 2.24) is 30.2 Å². The first-order valence-electron chi connectivity index (χ1n) is 16.6. The molecule has 9 nitrogen and oxygen atoms in total. The third kappa shape index (κ3) is 17.3. The summed E-state index contributed by atoms with van der Waals surface area (Å²) in [6.07, 6.45) is 12.2. The molecule has 0 saturated carbocycles. The summed E-state index contributed by atoms with van der Waals surface area (Å²) in [4.78, 5) is 31.7. The quantitative estimate of drug-likeness (QED) is 0.183. The lowest BCUT2D eigenvalue weighted by Crippen LogP contribution is -2.27. The highest BCUT2D eigenvalue weighted by atomic mass is 16.4. The van der Waals surface area contributed by atoms with Crippen LogP contribution in [0, 0.1) is 5.92 Å². The first-order valence-corrected chi connectivity index (χ1v) is 16.6. The van der Waals surface area contributed by atoms with Crippen molar-refractivity contribution in [3.05, 3.63) is 103 Å². The van der Waals surface area contributed by atoms with Crippen molar-refractivity contribution in [2.75, 3.05) is 0 Å². The molecule has 0 aliphatic rings. The second-order valence-corrected chi connectivity index (χ2v) is 10.1. The van der Waals surface area contributed by atoms with Gasteiger partial charge in [-0.1, -0.05) is 96.6 Å². The van der Waals surface area contributed by atoms with Gasteiger partial charge >= 0.3 is 0 Å². The molecule has 0 aliphatic carbocycles. The lowest BCUT2D eigenvalue weighted by atomic mass is 10.2. The number of hydrogen-bond acceptors (Lipinski definition) is 8. The van der Waals surface area contributed by atoms with Gasteiger partial charge in [-0.05, 0) is 42.0 Å². The molecule has 0 unspecified atom stereocenters. The Kier molecular flexibility index (Phi) is 26.0. The summed E-state index contributed by atoms with van der Waals surface area (Å²) in [7, 11) is 0. The molecule has 0 fully saturated rings. The molecule has 0 aliphatic heterocycles. The van der Waals surface area contributed by atoms with Gasteiger partial charge in [-0.15, -0.1) is 0 Å². The highest BCUT2D eigenvalue weighted by Gasteiger charge is 2.10. The standard InChI is InChI=1S/2C11H12N2O.C10H14N2O.3C2H6.CH4/c1-8(2)11-13-7-10(14-11)9-4-3-5-12-6-9;1-8(2)11-13-7-10(14-11)9-5-3-4-6-12-9;1-8(2)10(13)12-7-9-3-5-11-6-4-9;3*1-2;/h2*3-8H,1-2H3;3-6,8H,7H2,1-2H3,(H,12,13);3*1-2H3;1H4. The third-order valence-corrected chi connectivity index (χ3v) is 5.64. The maximum Gasteiger partial charge on any atom is 0.222 e. The summed E-state index contributed by atoms with van der Waals surface area (Å²) >= 11 is 0. The van der Waals surface area contributed by atoms with Gasteiger partial charge in [0.05, 0.1) is 12.4 Å². The van der Waals surface area contributed by atoms with E-state index in [2.05, 4.69) is 44.1 Å². The van der Waals surface area contributed by atoms with E-state index in [4.69, 9.17) is 8.83 Å². The molecule has 1 N–H and O–H groups in total. The van der Waals surface area contributed by atoms with Gasteiger partial charge in [-0.2, -0.15) is 0 Å². The van der Waals surface area contributed by atoms with E-state index in [-0.39, 0.29) is 19.3 Å². The topological polar surface area (TPSA) is 120 Å². The molecule has 0 spiro atoms. The van der Waals surface area contributed by atoms with Gasteiger partial charge < -0.3 is 14.2 Å². The molecule has 5 rings (SSSR count). The monoisotopic (exact) mass is 660 g/mol. The number of aromatic nitrogens is 5. The normalized spacial score (nSPS) is 9.40. The van der Waals surface area contributed by atoms with Crippen molar-refractivity contribution in [2.24, 2.45) is 5.92 Å². The summed E-state index contributed by atoms with van der Waals surface area (Å²) in [5.74, 6) is 3.79. The molecular formula is C39H60N6O3. The third-order valence-electron chi connectivity index (χ3n) is 5.64. The number of amides is 1. The largest absolute Gasteiger partial charge is 0.440 e.